The molecule has 0 heterocycles. The number of unbranched alkanes of at least 4 members (excludes halogenated alkanes) is 5. The van der Waals surface area contributed by atoms with Gasteiger partial charge in [-0.1, -0.05) is 92.7 Å². The van der Waals surface area contributed by atoms with Crippen LogP contribution in [-0.4, -0.2) is 8.42 Å². The molecule has 2 aromatic rings. The highest BCUT2D eigenvalue weighted by Crippen LogP contribution is 2.36. The summed E-state index contributed by atoms with van der Waals surface area (Å²) >= 11 is 4.52. The van der Waals surface area contributed by atoms with Gasteiger partial charge in [0.15, 0.2) is 0 Å². The molecule has 0 aromatic heterocycles. The first kappa shape index (κ1) is 28.8. The minimum absolute atomic E-state index is 0.0593. The lowest BCUT2D eigenvalue weighted by molar-refractivity contribution is 0.481. The van der Waals surface area contributed by atoms with E-state index in [-0.39, 0.29) is 11.8 Å². The molecule has 0 saturated heterocycles. The van der Waals surface area contributed by atoms with Crippen molar-refractivity contribution in [2.24, 2.45) is 0 Å². The van der Waals surface area contributed by atoms with E-state index in [1.807, 2.05) is 52.0 Å². The zero-order chi connectivity index (χ0) is 25.5. The van der Waals surface area contributed by atoms with Crippen LogP contribution in [0.25, 0.3) is 0 Å². The lowest BCUT2D eigenvalue weighted by Crippen LogP contribution is -2.17. The first-order valence-electron chi connectivity index (χ1n) is 12.9. The Bertz CT molecular complexity index is 1010. The second-order valence-electron chi connectivity index (χ2n) is 10.4. The van der Waals surface area contributed by atoms with Gasteiger partial charge >= 0.3 is 10.1 Å². The smallest absolute Gasteiger partial charge is 0.339 e. The molecule has 0 aliphatic heterocycles. The monoisotopic (exact) mass is 504 g/mol. The van der Waals surface area contributed by atoms with Gasteiger partial charge in [-0.05, 0) is 71.0 Å². The minimum atomic E-state index is -4.01. The van der Waals surface area contributed by atoms with Crippen LogP contribution in [0.5, 0.6) is 5.75 Å². The second kappa shape index (κ2) is 13.0. The largest absolute Gasteiger partial charge is 0.379 e. The molecule has 0 atom stereocenters. The Balaban J connectivity index is 2.36. The van der Waals surface area contributed by atoms with Gasteiger partial charge in [0.2, 0.25) is 0 Å². The number of benzene rings is 2. The Kier molecular flexibility index (Phi) is 11.0. The summed E-state index contributed by atoms with van der Waals surface area (Å²) in [5.41, 5.74) is 3.87. The van der Waals surface area contributed by atoms with Crippen LogP contribution in [0.3, 0.4) is 0 Å². The maximum atomic E-state index is 13.7. The van der Waals surface area contributed by atoms with Crippen molar-refractivity contribution in [1.82, 2.24) is 0 Å². The number of hydrogen-bond acceptors (Lipinski definition) is 4. The molecule has 0 radical (unpaired) electrons. The average Bonchev–Trinajstić information content (AvgIpc) is 2.74. The summed E-state index contributed by atoms with van der Waals surface area (Å²) in [6.07, 6.45) is 8.22. The maximum absolute atomic E-state index is 13.7. The van der Waals surface area contributed by atoms with E-state index in [4.69, 9.17) is 4.18 Å². The van der Waals surface area contributed by atoms with Crippen LogP contribution in [0.4, 0.5) is 0 Å². The predicted octanol–water partition coefficient (Wildman–Crippen LogP) is 9.02. The Morgan fingerprint density at radius 2 is 1.32 bits per heavy atom. The van der Waals surface area contributed by atoms with Gasteiger partial charge in [0.05, 0.1) is 0 Å². The van der Waals surface area contributed by atoms with Crippen LogP contribution >= 0.6 is 12.6 Å². The fraction of sp³-hybridized carbons (Fsp3) is 0.586. The molecule has 190 valence electrons. The normalized spacial score (nSPS) is 12.2. The van der Waals surface area contributed by atoms with E-state index in [9.17, 15) is 8.42 Å². The molecule has 2 aromatic carbocycles. The van der Waals surface area contributed by atoms with Crippen molar-refractivity contribution in [3.05, 3.63) is 52.6 Å². The first-order chi connectivity index (χ1) is 16.0. The van der Waals surface area contributed by atoms with Crippen molar-refractivity contribution in [2.75, 3.05) is 0 Å². The van der Waals surface area contributed by atoms with Gasteiger partial charge in [0.1, 0.15) is 10.6 Å². The average molecular weight is 505 g/mol. The third-order valence-corrected chi connectivity index (χ3v) is 7.95. The molecular formula is C29H44O3S2. The predicted molar refractivity (Wildman–Crippen MR) is 147 cm³/mol. The highest BCUT2D eigenvalue weighted by Gasteiger charge is 2.29. The quantitative estimate of drug-likeness (QED) is 0.168. The Hall–Kier alpha value is -1.46. The van der Waals surface area contributed by atoms with Crippen LogP contribution in [0.1, 0.15) is 127 Å². The lowest BCUT2D eigenvalue weighted by Gasteiger charge is -2.22. The first-order valence-corrected chi connectivity index (χ1v) is 14.8. The van der Waals surface area contributed by atoms with Crippen molar-refractivity contribution in [3.63, 3.8) is 0 Å². The number of hydrogen-bond donors (Lipinski definition) is 1. The minimum Gasteiger partial charge on any atom is -0.379 e. The van der Waals surface area contributed by atoms with E-state index in [0.717, 1.165) is 40.0 Å². The topological polar surface area (TPSA) is 43.4 Å². The van der Waals surface area contributed by atoms with E-state index >= 15 is 0 Å². The van der Waals surface area contributed by atoms with Gasteiger partial charge in [-0.25, -0.2) is 0 Å². The van der Waals surface area contributed by atoms with Crippen molar-refractivity contribution < 1.29 is 12.6 Å². The summed E-state index contributed by atoms with van der Waals surface area (Å²) in [6, 6.07) is 9.63. The molecule has 0 aliphatic rings. The summed E-state index contributed by atoms with van der Waals surface area (Å²) in [5.74, 6) is 0.775. The fourth-order valence-corrected chi connectivity index (χ4v) is 6.18. The molecule has 0 spiro atoms. The van der Waals surface area contributed by atoms with E-state index in [0.29, 0.717) is 16.6 Å². The highest BCUT2D eigenvalue weighted by atomic mass is 32.2. The van der Waals surface area contributed by atoms with Gasteiger partial charge in [-0.2, -0.15) is 8.42 Å². The SMILES string of the molecule is CCCCCCCCc1cc(S)cc(OS(=O)(=O)c2c(C(C)C)cc(C(C)C)cc2C(C)C)c1. The molecule has 0 N–H and O–H groups in total. The molecule has 0 fully saturated rings. The van der Waals surface area contributed by atoms with Crippen molar-refractivity contribution in [2.45, 2.75) is 121 Å². The molecular weight excluding hydrogens is 460 g/mol. The Morgan fingerprint density at radius 3 is 1.85 bits per heavy atom. The number of rotatable bonds is 13. The number of thiol groups is 1. The molecule has 2 rings (SSSR count). The summed E-state index contributed by atoms with van der Waals surface area (Å²) < 4.78 is 33.1. The van der Waals surface area contributed by atoms with Crippen LogP contribution < -0.4 is 4.18 Å². The summed E-state index contributed by atoms with van der Waals surface area (Å²) in [6.45, 7) is 14.6. The van der Waals surface area contributed by atoms with Gasteiger partial charge < -0.3 is 4.18 Å². The fourth-order valence-electron chi connectivity index (χ4n) is 4.29. The van der Waals surface area contributed by atoms with Crippen molar-refractivity contribution >= 4 is 22.7 Å². The van der Waals surface area contributed by atoms with Crippen LogP contribution in [-0.2, 0) is 16.5 Å². The summed E-state index contributed by atoms with van der Waals surface area (Å²) in [7, 11) is -4.01. The zero-order valence-corrected chi connectivity index (χ0v) is 23.9. The van der Waals surface area contributed by atoms with E-state index in [1.165, 1.54) is 32.1 Å². The summed E-state index contributed by atoms with van der Waals surface area (Å²) in [4.78, 5) is 1.04. The van der Waals surface area contributed by atoms with Crippen molar-refractivity contribution in [3.8, 4) is 5.75 Å². The molecule has 0 unspecified atom stereocenters. The van der Waals surface area contributed by atoms with Crippen molar-refractivity contribution in [1.29, 1.82) is 0 Å². The molecule has 3 nitrogen and oxygen atoms in total. The van der Waals surface area contributed by atoms with Crippen LogP contribution in [0, 0.1) is 0 Å². The second-order valence-corrected chi connectivity index (χ2v) is 12.4. The number of aryl methyl sites for hydroxylation is 1. The molecule has 0 amide bonds. The standard InChI is InChI=1S/C29H44O3S2/c1-8-9-10-11-12-13-14-23-15-25(19-26(33)16-23)32-34(30,31)29-27(21(4)5)17-24(20(2)3)18-28(29)22(6)7/h15-22,33H,8-14H2,1-7H3. The third-order valence-electron chi connectivity index (χ3n) is 6.31. The van der Waals surface area contributed by atoms with Gasteiger partial charge in [0.25, 0.3) is 0 Å². The van der Waals surface area contributed by atoms with E-state index < -0.39 is 10.1 Å². The van der Waals surface area contributed by atoms with E-state index in [1.54, 1.807) is 6.07 Å². The van der Waals surface area contributed by atoms with Gasteiger partial charge in [-0.15, -0.1) is 12.6 Å². The maximum Gasteiger partial charge on any atom is 0.339 e. The van der Waals surface area contributed by atoms with Crippen LogP contribution in [0.15, 0.2) is 40.1 Å². The molecule has 0 aliphatic carbocycles. The Labute approximate surface area is 214 Å². The molecule has 0 bridgehead atoms. The third kappa shape index (κ3) is 8.05. The molecule has 0 saturated carbocycles. The zero-order valence-electron chi connectivity index (χ0n) is 22.1. The molecule has 5 heteroatoms. The highest BCUT2D eigenvalue weighted by molar-refractivity contribution is 7.87. The van der Waals surface area contributed by atoms with E-state index in [2.05, 4.69) is 33.4 Å². The summed E-state index contributed by atoms with van der Waals surface area (Å²) in [5, 5.41) is 0. The molecule has 34 heavy (non-hydrogen) atoms. The van der Waals surface area contributed by atoms with Crippen LogP contribution in [0.2, 0.25) is 0 Å². The lowest BCUT2D eigenvalue weighted by atomic mass is 9.89. The van der Waals surface area contributed by atoms with Gasteiger partial charge in [0, 0.05) is 4.90 Å². The van der Waals surface area contributed by atoms with Gasteiger partial charge in [-0.3, -0.25) is 0 Å². The Morgan fingerprint density at radius 1 is 0.765 bits per heavy atom.